The number of methoxy groups -OCH3 is 2. The van der Waals surface area contributed by atoms with Crippen molar-refractivity contribution in [3.05, 3.63) is 64.9 Å². The molecule has 2 aromatic rings. The quantitative estimate of drug-likeness (QED) is 0.378. The van der Waals surface area contributed by atoms with Crippen molar-refractivity contribution in [2.45, 2.75) is 6.18 Å². The molecule has 0 aliphatic carbocycles. The Labute approximate surface area is 175 Å². The second kappa shape index (κ2) is 9.58. The monoisotopic (exact) mass is 467 g/mol. The van der Waals surface area contributed by atoms with Crippen LogP contribution in [-0.4, -0.2) is 26.2 Å². The third kappa shape index (κ3) is 5.68. The number of carbonyl (C=O) groups excluding carboxylic acids is 2. The van der Waals surface area contributed by atoms with Crippen molar-refractivity contribution in [3.63, 3.8) is 0 Å². The van der Waals surface area contributed by atoms with Gasteiger partial charge in [0.2, 0.25) is 0 Å². The predicted octanol–water partition coefficient (Wildman–Crippen LogP) is 4.70. The number of carbonyl (C=O) groups is 2. The average molecular weight is 467 g/mol. The number of rotatable bonds is 6. The number of halogens is 7. The summed E-state index contributed by atoms with van der Waals surface area (Å²) in [7, 11) is 1.89. The molecule has 6 nitrogen and oxygen atoms in total. The first-order valence-corrected chi connectivity index (χ1v) is 8.25. The first-order chi connectivity index (χ1) is 14.9. The van der Waals surface area contributed by atoms with E-state index in [-0.39, 0.29) is 12.1 Å². The number of alkyl halides is 3. The van der Waals surface area contributed by atoms with Crippen LogP contribution in [0.2, 0.25) is 0 Å². The Kier molecular flexibility index (Phi) is 7.33. The Morgan fingerprint density at radius 3 is 1.94 bits per heavy atom. The molecule has 0 spiro atoms. The summed E-state index contributed by atoms with van der Waals surface area (Å²) in [6.45, 7) is 0. The van der Waals surface area contributed by atoms with Crippen LogP contribution in [0.1, 0.15) is 5.56 Å². The molecule has 2 rings (SSSR count). The maximum Gasteiger partial charge on any atom is 0.416 e. The summed E-state index contributed by atoms with van der Waals surface area (Å²) in [5.74, 6) is -11.1. The standard InChI is InChI=1S/C19H12F7NO5/c1-30-16(28)7-14(18(29)31-2)27-13-5-9(20)10(21)6-15(13)32-17-11(22)3-8(4-12(17)23)19(24,25)26/h3-7,27H,1-2H3/b14-7+. The van der Waals surface area contributed by atoms with Crippen molar-refractivity contribution in [2.24, 2.45) is 0 Å². The van der Waals surface area contributed by atoms with E-state index >= 15 is 0 Å². The fourth-order valence-corrected chi connectivity index (χ4v) is 2.22. The zero-order valence-corrected chi connectivity index (χ0v) is 16.1. The fraction of sp³-hybridized carbons (Fsp3) is 0.158. The van der Waals surface area contributed by atoms with Gasteiger partial charge in [-0.1, -0.05) is 0 Å². The zero-order valence-electron chi connectivity index (χ0n) is 16.1. The molecule has 0 heterocycles. The molecule has 32 heavy (non-hydrogen) atoms. The second-order valence-electron chi connectivity index (χ2n) is 5.83. The van der Waals surface area contributed by atoms with Gasteiger partial charge in [-0.25, -0.2) is 27.2 Å². The van der Waals surface area contributed by atoms with E-state index in [0.717, 1.165) is 14.2 Å². The van der Waals surface area contributed by atoms with Gasteiger partial charge >= 0.3 is 18.1 Å². The molecule has 0 unspecified atom stereocenters. The van der Waals surface area contributed by atoms with Crippen LogP contribution < -0.4 is 10.1 Å². The van der Waals surface area contributed by atoms with Crippen molar-refractivity contribution in [3.8, 4) is 11.5 Å². The van der Waals surface area contributed by atoms with Crippen LogP contribution in [0.15, 0.2) is 36.0 Å². The topological polar surface area (TPSA) is 73.9 Å². The summed E-state index contributed by atoms with van der Waals surface area (Å²) in [4.78, 5) is 23.3. The van der Waals surface area contributed by atoms with Crippen LogP contribution in [0.3, 0.4) is 0 Å². The molecule has 0 saturated heterocycles. The number of esters is 2. The molecule has 0 aromatic heterocycles. The third-order valence-electron chi connectivity index (χ3n) is 3.70. The normalized spacial score (nSPS) is 11.7. The lowest BCUT2D eigenvalue weighted by molar-refractivity contribution is -0.138. The summed E-state index contributed by atoms with van der Waals surface area (Å²) < 4.78 is 107. The highest BCUT2D eigenvalue weighted by Gasteiger charge is 2.33. The second-order valence-corrected chi connectivity index (χ2v) is 5.83. The van der Waals surface area contributed by atoms with Gasteiger partial charge in [0.25, 0.3) is 0 Å². The summed E-state index contributed by atoms with van der Waals surface area (Å²) in [6.07, 6.45) is -4.50. The molecule has 0 aliphatic heterocycles. The molecule has 0 aliphatic rings. The molecule has 0 saturated carbocycles. The first-order valence-electron chi connectivity index (χ1n) is 8.25. The molecule has 2 aromatic carbocycles. The van der Waals surface area contributed by atoms with Crippen LogP contribution in [-0.2, 0) is 25.2 Å². The molecular weight excluding hydrogens is 455 g/mol. The number of nitrogens with one attached hydrogen (secondary N) is 1. The number of hydrogen-bond donors (Lipinski definition) is 1. The maximum atomic E-state index is 14.1. The van der Waals surface area contributed by atoms with Gasteiger partial charge < -0.3 is 19.5 Å². The van der Waals surface area contributed by atoms with Gasteiger partial charge in [0.15, 0.2) is 34.8 Å². The van der Waals surface area contributed by atoms with E-state index in [1.165, 1.54) is 0 Å². The Morgan fingerprint density at radius 1 is 0.875 bits per heavy atom. The SMILES string of the molecule is COC(=O)/C=C(/Nc1cc(F)c(F)cc1Oc1c(F)cc(C(F)(F)F)cc1F)C(=O)OC. The molecule has 0 amide bonds. The highest BCUT2D eigenvalue weighted by atomic mass is 19.4. The molecule has 13 heteroatoms. The van der Waals surface area contributed by atoms with Gasteiger partial charge in [0.05, 0.1) is 31.5 Å². The molecule has 0 atom stereocenters. The van der Waals surface area contributed by atoms with Crippen LogP contribution in [0.4, 0.5) is 36.4 Å². The molecular formula is C19H12F7NO5. The van der Waals surface area contributed by atoms with E-state index in [2.05, 4.69) is 14.8 Å². The van der Waals surface area contributed by atoms with E-state index in [1.807, 2.05) is 0 Å². The number of anilines is 1. The van der Waals surface area contributed by atoms with Crippen molar-refractivity contribution in [1.29, 1.82) is 0 Å². The van der Waals surface area contributed by atoms with Gasteiger partial charge in [-0.05, 0) is 12.1 Å². The van der Waals surface area contributed by atoms with E-state index in [0.29, 0.717) is 18.2 Å². The van der Waals surface area contributed by atoms with Gasteiger partial charge in [-0.15, -0.1) is 0 Å². The highest BCUT2D eigenvalue weighted by molar-refractivity contribution is 5.99. The van der Waals surface area contributed by atoms with Gasteiger partial charge in [-0.2, -0.15) is 13.2 Å². The smallest absolute Gasteiger partial charge is 0.416 e. The predicted molar refractivity (Wildman–Crippen MR) is 93.5 cm³/mol. The van der Waals surface area contributed by atoms with Crippen molar-refractivity contribution in [1.82, 2.24) is 0 Å². The molecule has 1 N–H and O–H groups in total. The van der Waals surface area contributed by atoms with Crippen molar-refractivity contribution >= 4 is 17.6 Å². The minimum atomic E-state index is -5.07. The van der Waals surface area contributed by atoms with Crippen LogP contribution in [0, 0.1) is 23.3 Å². The minimum absolute atomic E-state index is 0.0670. The highest BCUT2D eigenvalue weighted by Crippen LogP contribution is 2.38. The first kappa shape index (κ1) is 24.5. The van der Waals surface area contributed by atoms with Crippen molar-refractivity contribution < 1.29 is 54.5 Å². The largest absolute Gasteiger partial charge is 0.466 e. The Hall–Kier alpha value is -3.77. The van der Waals surface area contributed by atoms with Gasteiger partial charge in [0, 0.05) is 12.1 Å². The lowest BCUT2D eigenvalue weighted by atomic mass is 10.2. The molecule has 0 fully saturated rings. The molecule has 0 radical (unpaired) electrons. The zero-order chi connectivity index (χ0) is 24.2. The molecule has 0 bridgehead atoms. The summed E-state index contributed by atoms with van der Waals surface area (Å²) >= 11 is 0. The van der Waals surface area contributed by atoms with Gasteiger partial charge in [0.1, 0.15) is 5.70 Å². The Morgan fingerprint density at radius 2 is 1.44 bits per heavy atom. The Bertz CT molecular complexity index is 1060. The van der Waals surface area contributed by atoms with Crippen LogP contribution >= 0.6 is 0 Å². The lowest BCUT2D eigenvalue weighted by Gasteiger charge is -2.16. The van der Waals surface area contributed by atoms with E-state index in [4.69, 9.17) is 4.74 Å². The fourth-order valence-electron chi connectivity index (χ4n) is 2.22. The van der Waals surface area contributed by atoms with Crippen LogP contribution in [0.25, 0.3) is 0 Å². The van der Waals surface area contributed by atoms with Crippen molar-refractivity contribution in [2.75, 3.05) is 19.5 Å². The average Bonchev–Trinajstić information content (AvgIpc) is 2.71. The van der Waals surface area contributed by atoms with Gasteiger partial charge in [-0.3, -0.25) is 0 Å². The maximum absolute atomic E-state index is 14.1. The van der Waals surface area contributed by atoms with E-state index < -0.39 is 69.8 Å². The number of hydrogen-bond acceptors (Lipinski definition) is 6. The summed E-state index contributed by atoms with van der Waals surface area (Å²) in [5, 5.41) is 2.16. The molecule has 172 valence electrons. The summed E-state index contributed by atoms with van der Waals surface area (Å²) in [5.41, 5.74) is -2.97. The van der Waals surface area contributed by atoms with Crippen LogP contribution in [0.5, 0.6) is 11.5 Å². The lowest BCUT2D eigenvalue weighted by Crippen LogP contribution is -2.16. The number of benzene rings is 2. The number of ether oxygens (including phenoxy) is 3. The minimum Gasteiger partial charge on any atom is -0.466 e. The summed E-state index contributed by atoms with van der Waals surface area (Å²) in [6, 6.07) is 0.574. The third-order valence-corrected chi connectivity index (χ3v) is 3.70. The van der Waals surface area contributed by atoms with E-state index in [1.54, 1.807) is 0 Å². The van der Waals surface area contributed by atoms with E-state index in [9.17, 15) is 40.3 Å². The Balaban J connectivity index is 2.55.